The second-order valence-corrected chi connectivity index (χ2v) is 4.94. The van der Waals surface area contributed by atoms with Crippen molar-refractivity contribution in [2.75, 3.05) is 13.7 Å². The molecule has 0 aliphatic carbocycles. The van der Waals surface area contributed by atoms with Crippen molar-refractivity contribution in [3.05, 3.63) is 48.0 Å². The van der Waals surface area contributed by atoms with Crippen molar-refractivity contribution in [2.45, 2.75) is 32.4 Å². The van der Waals surface area contributed by atoms with E-state index >= 15 is 0 Å². The number of methoxy groups -OCH3 is 1. The van der Waals surface area contributed by atoms with E-state index in [0.29, 0.717) is 0 Å². The fourth-order valence-electron chi connectivity index (χ4n) is 2.49. The van der Waals surface area contributed by atoms with Crippen molar-refractivity contribution in [3.63, 3.8) is 0 Å². The van der Waals surface area contributed by atoms with Crippen molar-refractivity contribution < 1.29 is 4.74 Å². The van der Waals surface area contributed by atoms with Gasteiger partial charge in [-0.25, -0.2) is 0 Å². The molecule has 0 fully saturated rings. The second-order valence-electron chi connectivity index (χ2n) is 4.94. The standard InChI is InChI=1S/C17H23NO/c1-4-12-18-17(13(2)19-3)16-11-7-9-14-8-5-6-10-15(14)16/h5-11,13,17-18H,4,12H2,1-3H3. The van der Waals surface area contributed by atoms with Gasteiger partial charge in [0.1, 0.15) is 0 Å². The summed E-state index contributed by atoms with van der Waals surface area (Å²) in [6.45, 7) is 5.31. The summed E-state index contributed by atoms with van der Waals surface area (Å²) in [6, 6.07) is 15.2. The average Bonchev–Trinajstić information content (AvgIpc) is 2.47. The van der Waals surface area contributed by atoms with Crippen molar-refractivity contribution >= 4 is 10.8 Å². The highest BCUT2D eigenvalue weighted by Gasteiger charge is 2.19. The summed E-state index contributed by atoms with van der Waals surface area (Å²) in [5.41, 5.74) is 1.32. The topological polar surface area (TPSA) is 21.3 Å². The number of fused-ring (bicyclic) bond motifs is 1. The summed E-state index contributed by atoms with van der Waals surface area (Å²) in [5.74, 6) is 0. The molecule has 2 nitrogen and oxygen atoms in total. The number of rotatable bonds is 6. The van der Waals surface area contributed by atoms with Crippen LogP contribution in [0.15, 0.2) is 42.5 Å². The molecule has 0 saturated carbocycles. The SMILES string of the molecule is CCCNC(c1cccc2ccccc12)C(C)OC. The molecule has 2 unspecified atom stereocenters. The summed E-state index contributed by atoms with van der Waals surface area (Å²) >= 11 is 0. The highest BCUT2D eigenvalue weighted by molar-refractivity contribution is 5.86. The lowest BCUT2D eigenvalue weighted by Gasteiger charge is -2.26. The van der Waals surface area contributed by atoms with Crippen molar-refractivity contribution in [3.8, 4) is 0 Å². The Morgan fingerprint density at radius 1 is 1.11 bits per heavy atom. The molecular weight excluding hydrogens is 234 g/mol. The first-order chi connectivity index (χ1) is 9.27. The summed E-state index contributed by atoms with van der Waals surface area (Å²) < 4.78 is 5.55. The molecular formula is C17H23NO. The fraction of sp³-hybridized carbons (Fsp3) is 0.412. The third-order valence-electron chi connectivity index (χ3n) is 3.61. The van der Waals surface area contributed by atoms with E-state index in [-0.39, 0.29) is 12.1 Å². The van der Waals surface area contributed by atoms with Crippen LogP contribution in [0.4, 0.5) is 0 Å². The lowest BCUT2D eigenvalue weighted by atomic mass is 9.95. The zero-order valence-corrected chi connectivity index (χ0v) is 12.0. The minimum absolute atomic E-state index is 0.150. The molecule has 0 heterocycles. The molecule has 2 aromatic carbocycles. The number of nitrogens with one attached hydrogen (secondary N) is 1. The van der Waals surface area contributed by atoms with E-state index in [2.05, 4.69) is 61.6 Å². The molecule has 0 aliphatic heterocycles. The zero-order chi connectivity index (χ0) is 13.7. The Kier molecular flexibility index (Phi) is 4.94. The number of benzene rings is 2. The summed E-state index contributed by atoms with van der Waals surface area (Å²) in [4.78, 5) is 0. The number of ether oxygens (including phenoxy) is 1. The largest absolute Gasteiger partial charge is 0.380 e. The first kappa shape index (κ1) is 14.0. The van der Waals surface area contributed by atoms with Gasteiger partial charge in [-0.2, -0.15) is 0 Å². The fourth-order valence-corrected chi connectivity index (χ4v) is 2.49. The monoisotopic (exact) mass is 257 g/mol. The number of hydrogen-bond acceptors (Lipinski definition) is 2. The van der Waals surface area contributed by atoms with Crippen LogP contribution in [0.1, 0.15) is 31.9 Å². The van der Waals surface area contributed by atoms with Crippen LogP contribution in [-0.2, 0) is 4.74 Å². The predicted molar refractivity (Wildman–Crippen MR) is 81.5 cm³/mol. The summed E-state index contributed by atoms with van der Waals surface area (Å²) in [6.07, 6.45) is 1.27. The maximum absolute atomic E-state index is 5.55. The first-order valence-electron chi connectivity index (χ1n) is 7.01. The minimum atomic E-state index is 0.150. The Labute approximate surface area is 115 Å². The van der Waals surface area contributed by atoms with Gasteiger partial charge in [0.05, 0.1) is 12.1 Å². The van der Waals surface area contributed by atoms with Crippen LogP contribution in [0.3, 0.4) is 0 Å². The highest BCUT2D eigenvalue weighted by atomic mass is 16.5. The molecule has 0 amide bonds. The van der Waals surface area contributed by atoms with Gasteiger partial charge in [-0.3, -0.25) is 0 Å². The molecule has 0 saturated heterocycles. The first-order valence-corrected chi connectivity index (χ1v) is 7.01. The molecule has 0 spiro atoms. The van der Waals surface area contributed by atoms with E-state index < -0.39 is 0 Å². The van der Waals surface area contributed by atoms with Gasteiger partial charge >= 0.3 is 0 Å². The van der Waals surface area contributed by atoms with Crippen LogP contribution in [0, 0.1) is 0 Å². The molecule has 0 radical (unpaired) electrons. The molecule has 0 aliphatic rings. The Hall–Kier alpha value is -1.38. The maximum Gasteiger partial charge on any atom is 0.0738 e. The smallest absolute Gasteiger partial charge is 0.0738 e. The van der Waals surface area contributed by atoms with Crippen LogP contribution < -0.4 is 5.32 Å². The molecule has 2 rings (SSSR count). The molecule has 0 aromatic heterocycles. The maximum atomic E-state index is 5.55. The molecule has 2 aromatic rings. The normalized spacial score (nSPS) is 14.5. The lowest BCUT2D eigenvalue weighted by Crippen LogP contribution is -2.32. The Morgan fingerprint density at radius 2 is 1.84 bits per heavy atom. The molecule has 19 heavy (non-hydrogen) atoms. The Balaban J connectivity index is 2.43. The molecule has 0 bridgehead atoms. The van der Waals surface area contributed by atoms with E-state index in [1.807, 2.05) is 0 Å². The Morgan fingerprint density at radius 3 is 2.58 bits per heavy atom. The van der Waals surface area contributed by atoms with Crippen molar-refractivity contribution in [1.29, 1.82) is 0 Å². The molecule has 2 heteroatoms. The third kappa shape index (κ3) is 3.14. The van der Waals surface area contributed by atoms with Gasteiger partial charge in [0.15, 0.2) is 0 Å². The van der Waals surface area contributed by atoms with Gasteiger partial charge in [0.25, 0.3) is 0 Å². The van der Waals surface area contributed by atoms with Gasteiger partial charge in [0.2, 0.25) is 0 Å². The Bertz CT molecular complexity index is 518. The minimum Gasteiger partial charge on any atom is -0.380 e. The van der Waals surface area contributed by atoms with E-state index in [4.69, 9.17) is 4.74 Å². The van der Waals surface area contributed by atoms with E-state index in [0.717, 1.165) is 13.0 Å². The molecule has 102 valence electrons. The lowest BCUT2D eigenvalue weighted by molar-refractivity contribution is 0.0835. The number of hydrogen-bond donors (Lipinski definition) is 1. The van der Waals surface area contributed by atoms with E-state index in [1.165, 1.54) is 16.3 Å². The zero-order valence-electron chi connectivity index (χ0n) is 12.0. The van der Waals surface area contributed by atoms with Crippen molar-refractivity contribution in [2.24, 2.45) is 0 Å². The van der Waals surface area contributed by atoms with Gasteiger partial charge in [-0.05, 0) is 36.2 Å². The average molecular weight is 257 g/mol. The van der Waals surface area contributed by atoms with Gasteiger partial charge < -0.3 is 10.1 Å². The van der Waals surface area contributed by atoms with Crippen LogP contribution in [0.2, 0.25) is 0 Å². The van der Waals surface area contributed by atoms with Crippen molar-refractivity contribution in [1.82, 2.24) is 5.32 Å². The predicted octanol–water partition coefficient (Wildman–Crippen LogP) is 3.92. The highest BCUT2D eigenvalue weighted by Crippen LogP contribution is 2.27. The summed E-state index contributed by atoms with van der Waals surface area (Å²) in [7, 11) is 1.77. The van der Waals surface area contributed by atoms with Gasteiger partial charge in [-0.15, -0.1) is 0 Å². The molecule has 1 N–H and O–H groups in total. The quantitative estimate of drug-likeness (QED) is 0.847. The second kappa shape index (κ2) is 6.69. The molecule has 2 atom stereocenters. The van der Waals surface area contributed by atoms with Crippen LogP contribution in [0.5, 0.6) is 0 Å². The summed E-state index contributed by atoms with van der Waals surface area (Å²) in [5, 5.41) is 6.20. The van der Waals surface area contributed by atoms with Crippen LogP contribution in [0.25, 0.3) is 10.8 Å². The van der Waals surface area contributed by atoms with E-state index in [1.54, 1.807) is 7.11 Å². The van der Waals surface area contributed by atoms with Gasteiger partial charge in [-0.1, -0.05) is 49.4 Å². The van der Waals surface area contributed by atoms with E-state index in [9.17, 15) is 0 Å². The van der Waals surface area contributed by atoms with Crippen LogP contribution in [-0.4, -0.2) is 19.8 Å². The van der Waals surface area contributed by atoms with Crippen LogP contribution >= 0.6 is 0 Å². The van der Waals surface area contributed by atoms with Gasteiger partial charge in [0, 0.05) is 7.11 Å². The third-order valence-corrected chi connectivity index (χ3v) is 3.61.